The molecule has 0 aliphatic heterocycles. The molecule has 4 heteroatoms. The zero-order valence-corrected chi connectivity index (χ0v) is 10.5. The van der Waals surface area contributed by atoms with Crippen LogP contribution in [0.3, 0.4) is 0 Å². The molecular formula is C12H17NO2S. The van der Waals surface area contributed by atoms with Gasteiger partial charge in [-0.2, -0.15) is 0 Å². The number of nitrogens with zero attached hydrogens (tertiary/aromatic N) is 1. The molecule has 0 aliphatic carbocycles. The van der Waals surface area contributed by atoms with Crippen LogP contribution < -0.4 is 0 Å². The number of thioether (sulfide) groups is 1. The number of carbonyl (C=O) groups is 1. The SMILES string of the molecule is CCCCC(Sc1ccncc1)C(=O)OC. The van der Waals surface area contributed by atoms with Crippen LogP contribution in [0.15, 0.2) is 29.4 Å². The number of aromatic nitrogens is 1. The van der Waals surface area contributed by atoms with Gasteiger partial charge in [0, 0.05) is 17.3 Å². The van der Waals surface area contributed by atoms with Gasteiger partial charge in [0.05, 0.1) is 7.11 Å². The second kappa shape index (κ2) is 7.28. The number of esters is 1. The first kappa shape index (κ1) is 13.0. The van der Waals surface area contributed by atoms with E-state index in [-0.39, 0.29) is 11.2 Å². The van der Waals surface area contributed by atoms with E-state index in [1.54, 1.807) is 24.2 Å². The van der Waals surface area contributed by atoms with Gasteiger partial charge in [-0.15, -0.1) is 11.8 Å². The lowest BCUT2D eigenvalue weighted by Gasteiger charge is -2.13. The van der Waals surface area contributed by atoms with Gasteiger partial charge in [-0.25, -0.2) is 0 Å². The number of pyridine rings is 1. The minimum atomic E-state index is -0.143. The summed E-state index contributed by atoms with van der Waals surface area (Å²) in [6.45, 7) is 2.12. The Bertz CT molecular complexity index is 316. The van der Waals surface area contributed by atoms with Crippen LogP contribution in [0.4, 0.5) is 0 Å². The maximum Gasteiger partial charge on any atom is 0.319 e. The van der Waals surface area contributed by atoms with Crippen LogP contribution in [0, 0.1) is 0 Å². The van der Waals surface area contributed by atoms with Crippen molar-refractivity contribution in [2.75, 3.05) is 7.11 Å². The third-order valence-corrected chi connectivity index (χ3v) is 3.47. The van der Waals surface area contributed by atoms with E-state index in [4.69, 9.17) is 4.74 Å². The summed E-state index contributed by atoms with van der Waals surface area (Å²) in [6, 6.07) is 3.82. The van der Waals surface area contributed by atoms with Crippen LogP contribution in [-0.2, 0) is 9.53 Å². The summed E-state index contributed by atoms with van der Waals surface area (Å²) in [5.74, 6) is -0.143. The van der Waals surface area contributed by atoms with E-state index in [2.05, 4.69) is 11.9 Å². The molecule has 0 radical (unpaired) electrons. The molecule has 0 amide bonds. The van der Waals surface area contributed by atoms with Gasteiger partial charge in [0.25, 0.3) is 0 Å². The molecule has 88 valence electrons. The number of methoxy groups -OCH3 is 1. The smallest absolute Gasteiger partial charge is 0.319 e. The Balaban J connectivity index is 2.59. The summed E-state index contributed by atoms with van der Waals surface area (Å²) >= 11 is 1.55. The fraction of sp³-hybridized carbons (Fsp3) is 0.500. The predicted octanol–water partition coefficient (Wildman–Crippen LogP) is 2.91. The minimum absolute atomic E-state index is 0.104. The fourth-order valence-electron chi connectivity index (χ4n) is 1.33. The molecule has 3 nitrogen and oxygen atoms in total. The zero-order chi connectivity index (χ0) is 11.8. The van der Waals surface area contributed by atoms with Gasteiger partial charge >= 0.3 is 5.97 Å². The topological polar surface area (TPSA) is 39.2 Å². The van der Waals surface area contributed by atoms with E-state index < -0.39 is 0 Å². The van der Waals surface area contributed by atoms with Gasteiger partial charge in [0.2, 0.25) is 0 Å². The summed E-state index contributed by atoms with van der Waals surface area (Å²) in [5.41, 5.74) is 0. The van der Waals surface area contributed by atoms with E-state index in [9.17, 15) is 4.79 Å². The first-order valence-corrected chi connectivity index (χ1v) is 6.30. The maximum atomic E-state index is 11.6. The molecule has 0 aliphatic rings. The highest BCUT2D eigenvalue weighted by atomic mass is 32.2. The lowest BCUT2D eigenvalue weighted by atomic mass is 10.2. The highest BCUT2D eigenvalue weighted by Crippen LogP contribution is 2.26. The fourth-order valence-corrected chi connectivity index (χ4v) is 2.41. The second-order valence-electron chi connectivity index (χ2n) is 3.45. The molecule has 0 fully saturated rings. The van der Waals surface area contributed by atoms with Gasteiger partial charge in [-0.1, -0.05) is 19.8 Å². The monoisotopic (exact) mass is 239 g/mol. The molecular weight excluding hydrogens is 222 g/mol. The lowest BCUT2D eigenvalue weighted by molar-refractivity contribution is -0.140. The minimum Gasteiger partial charge on any atom is -0.468 e. The number of unbranched alkanes of at least 4 members (excludes halogenated alkanes) is 1. The molecule has 16 heavy (non-hydrogen) atoms. The van der Waals surface area contributed by atoms with Crippen LogP contribution in [-0.4, -0.2) is 23.3 Å². The molecule has 0 saturated heterocycles. The first-order valence-electron chi connectivity index (χ1n) is 5.42. The van der Waals surface area contributed by atoms with Gasteiger partial charge in [0.15, 0.2) is 0 Å². The molecule has 0 aromatic carbocycles. The quantitative estimate of drug-likeness (QED) is 0.565. The van der Waals surface area contributed by atoms with Crippen molar-refractivity contribution in [2.45, 2.75) is 36.3 Å². The molecule has 1 rings (SSSR count). The third-order valence-electron chi connectivity index (χ3n) is 2.21. The summed E-state index contributed by atoms with van der Waals surface area (Å²) in [5, 5.41) is -0.104. The molecule has 0 spiro atoms. The van der Waals surface area contributed by atoms with Crippen LogP contribution in [0.5, 0.6) is 0 Å². The zero-order valence-electron chi connectivity index (χ0n) is 9.68. The van der Waals surface area contributed by atoms with Crippen LogP contribution in [0.2, 0.25) is 0 Å². The third kappa shape index (κ3) is 4.23. The Morgan fingerprint density at radius 1 is 1.50 bits per heavy atom. The number of rotatable bonds is 6. The number of hydrogen-bond donors (Lipinski definition) is 0. The van der Waals surface area contributed by atoms with Gasteiger partial charge in [-0.05, 0) is 18.6 Å². The summed E-state index contributed by atoms with van der Waals surface area (Å²) < 4.78 is 4.81. The van der Waals surface area contributed by atoms with Crippen molar-refractivity contribution in [1.82, 2.24) is 4.98 Å². The van der Waals surface area contributed by atoms with Crippen molar-refractivity contribution in [3.05, 3.63) is 24.5 Å². The Morgan fingerprint density at radius 3 is 2.75 bits per heavy atom. The summed E-state index contributed by atoms with van der Waals surface area (Å²) in [6.07, 6.45) is 6.45. The number of hydrogen-bond acceptors (Lipinski definition) is 4. The van der Waals surface area contributed by atoms with E-state index in [1.165, 1.54) is 7.11 Å². The largest absolute Gasteiger partial charge is 0.468 e. The summed E-state index contributed by atoms with van der Waals surface area (Å²) in [4.78, 5) is 16.6. The number of carbonyl (C=O) groups excluding carboxylic acids is 1. The van der Waals surface area contributed by atoms with Crippen molar-refractivity contribution >= 4 is 17.7 Å². The average molecular weight is 239 g/mol. The lowest BCUT2D eigenvalue weighted by Crippen LogP contribution is -2.18. The normalized spacial score (nSPS) is 12.1. The van der Waals surface area contributed by atoms with Crippen LogP contribution in [0.1, 0.15) is 26.2 Å². The molecule has 0 saturated carbocycles. The Labute approximate surface area is 101 Å². The van der Waals surface area contributed by atoms with Crippen molar-refractivity contribution < 1.29 is 9.53 Å². The molecule has 1 heterocycles. The van der Waals surface area contributed by atoms with Gasteiger partial charge < -0.3 is 4.74 Å². The Kier molecular flexibility index (Phi) is 5.93. The molecule has 1 unspecified atom stereocenters. The average Bonchev–Trinajstić information content (AvgIpc) is 2.34. The first-order chi connectivity index (χ1) is 7.77. The highest BCUT2D eigenvalue weighted by molar-refractivity contribution is 8.00. The predicted molar refractivity (Wildman–Crippen MR) is 65.4 cm³/mol. The van der Waals surface area contributed by atoms with Crippen LogP contribution >= 0.6 is 11.8 Å². The molecule has 1 aromatic heterocycles. The van der Waals surface area contributed by atoms with Crippen molar-refractivity contribution in [3.8, 4) is 0 Å². The van der Waals surface area contributed by atoms with Crippen molar-refractivity contribution in [1.29, 1.82) is 0 Å². The molecule has 0 N–H and O–H groups in total. The number of ether oxygens (including phenoxy) is 1. The van der Waals surface area contributed by atoms with Gasteiger partial charge in [-0.3, -0.25) is 9.78 Å². The second-order valence-corrected chi connectivity index (χ2v) is 4.73. The Morgan fingerprint density at radius 2 is 2.19 bits per heavy atom. The van der Waals surface area contributed by atoms with E-state index in [1.807, 2.05) is 12.1 Å². The van der Waals surface area contributed by atoms with Gasteiger partial charge in [0.1, 0.15) is 5.25 Å². The highest BCUT2D eigenvalue weighted by Gasteiger charge is 2.19. The standard InChI is InChI=1S/C12H17NO2S/c1-3-4-5-11(12(14)15-2)16-10-6-8-13-9-7-10/h6-9,11H,3-5H2,1-2H3. The maximum absolute atomic E-state index is 11.6. The van der Waals surface area contributed by atoms with Crippen molar-refractivity contribution in [2.24, 2.45) is 0 Å². The van der Waals surface area contributed by atoms with E-state index in [0.717, 1.165) is 24.2 Å². The summed E-state index contributed by atoms with van der Waals surface area (Å²) in [7, 11) is 1.44. The molecule has 0 bridgehead atoms. The molecule has 1 atom stereocenters. The van der Waals surface area contributed by atoms with Crippen molar-refractivity contribution in [3.63, 3.8) is 0 Å². The van der Waals surface area contributed by atoms with E-state index >= 15 is 0 Å². The van der Waals surface area contributed by atoms with Crippen LogP contribution in [0.25, 0.3) is 0 Å². The Hall–Kier alpha value is -1.03. The van der Waals surface area contributed by atoms with E-state index in [0.29, 0.717) is 0 Å². The molecule has 1 aromatic rings.